The predicted molar refractivity (Wildman–Crippen MR) is 54.7 cm³/mol. The molecule has 0 unspecified atom stereocenters. The number of hydrogen-bond acceptors (Lipinski definition) is 7. The largest absolute Gasteiger partial charge is 0.470 e. The van der Waals surface area contributed by atoms with Crippen molar-refractivity contribution in [3.63, 3.8) is 0 Å². The maximum atomic E-state index is 11.3. The fourth-order valence-electron chi connectivity index (χ4n) is 0.952. The molecule has 0 saturated heterocycles. The first-order valence-electron chi connectivity index (χ1n) is 4.51. The molecule has 0 radical (unpaired) electrons. The number of Topliss-reactive ketones (excluding diaryl/α,β-unsaturated/α-hetero) is 1. The van der Waals surface area contributed by atoms with E-state index in [1.54, 1.807) is 0 Å². The lowest BCUT2D eigenvalue weighted by molar-refractivity contribution is -0.136. The van der Waals surface area contributed by atoms with Gasteiger partial charge in [-0.15, -0.1) is 0 Å². The predicted octanol–water partition coefficient (Wildman–Crippen LogP) is -2.90. The van der Waals surface area contributed by atoms with Crippen LogP contribution in [0.2, 0.25) is 0 Å². The standard InChI is InChI=1S/C7H16NO8P/c1-7(8,5(11)2-9)6(12)4(10)3-16-17(13,14)15/h5-6,9,11-12H,2-3,8H2,1H3,(H2,13,14,15)/t5-,6-,7-/m1/s1. The Morgan fingerprint density at radius 1 is 1.47 bits per heavy atom. The Morgan fingerprint density at radius 3 is 2.29 bits per heavy atom. The molecule has 0 fully saturated rings. The smallest absolute Gasteiger partial charge is 0.394 e. The Balaban J connectivity index is 4.55. The van der Waals surface area contributed by atoms with Gasteiger partial charge in [0.2, 0.25) is 0 Å². The first kappa shape index (κ1) is 16.6. The number of nitrogens with two attached hydrogens (primary N) is 1. The van der Waals surface area contributed by atoms with Crippen molar-refractivity contribution in [2.45, 2.75) is 24.7 Å². The molecular weight excluding hydrogens is 257 g/mol. The number of hydrogen-bond donors (Lipinski definition) is 6. The van der Waals surface area contributed by atoms with Gasteiger partial charge in [-0.2, -0.15) is 0 Å². The molecule has 0 aliphatic rings. The van der Waals surface area contributed by atoms with E-state index in [0.717, 1.165) is 6.92 Å². The van der Waals surface area contributed by atoms with Crippen LogP contribution in [-0.4, -0.2) is 61.9 Å². The summed E-state index contributed by atoms with van der Waals surface area (Å²) in [6, 6.07) is 0. The number of ketones is 1. The van der Waals surface area contributed by atoms with Crippen molar-refractivity contribution in [3.05, 3.63) is 0 Å². The zero-order valence-electron chi connectivity index (χ0n) is 9.05. The third-order valence-corrected chi connectivity index (χ3v) is 2.63. The number of carbonyl (C=O) groups is 1. The molecule has 0 aliphatic heterocycles. The first-order valence-corrected chi connectivity index (χ1v) is 6.04. The van der Waals surface area contributed by atoms with E-state index in [1.807, 2.05) is 0 Å². The Kier molecular flexibility index (Phi) is 5.85. The molecule has 10 heteroatoms. The van der Waals surface area contributed by atoms with Crippen LogP contribution in [0, 0.1) is 0 Å². The highest BCUT2D eigenvalue weighted by Gasteiger charge is 2.40. The van der Waals surface area contributed by atoms with E-state index < -0.39 is 44.6 Å². The number of phosphoric ester groups is 1. The number of phosphoric acid groups is 1. The van der Waals surface area contributed by atoms with Crippen LogP contribution in [0.3, 0.4) is 0 Å². The van der Waals surface area contributed by atoms with E-state index in [1.165, 1.54) is 0 Å². The van der Waals surface area contributed by atoms with E-state index >= 15 is 0 Å². The first-order chi connectivity index (χ1) is 7.52. The van der Waals surface area contributed by atoms with Crippen LogP contribution < -0.4 is 5.73 Å². The Morgan fingerprint density at radius 2 is 1.94 bits per heavy atom. The van der Waals surface area contributed by atoms with E-state index in [4.69, 9.17) is 20.6 Å². The second-order valence-corrected chi connectivity index (χ2v) is 4.94. The van der Waals surface area contributed by atoms with E-state index in [0.29, 0.717) is 0 Å². The van der Waals surface area contributed by atoms with Crippen molar-refractivity contribution in [3.8, 4) is 0 Å². The molecule has 7 N–H and O–H groups in total. The average Bonchev–Trinajstić information content (AvgIpc) is 2.22. The van der Waals surface area contributed by atoms with Crippen LogP contribution in [-0.2, 0) is 13.9 Å². The van der Waals surface area contributed by atoms with Crippen LogP contribution in [0.4, 0.5) is 0 Å². The molecule has 0 heterocycles. The highest BCUT2D eigenvalue weighted by Crippen LogP contribution is 2.35. The van der Waals surface area contributed by atoms with Gasteiger partial charge in [0.1, 0.15) is 12.7 Å². The second-order valence-electron chi connectivity index (χ2n) is 3.70. The lowest BCUT2D eigenvalue weighted by atomic mass is 9.87. The van der Waals surface area contributed by atoms with Crippen molar-refractivity contribution in [2.24, 2.45) is 5.73 Å². The monoisotopic (exact) mass is 273 g/mol. The third kappa shape index (κ3) is 5.19. The Labute approximate surface area is 97.1 Å². The zero-order chi connectivity index (χ0) is 13.9. The summed E-state index contributed by atoms with van der Waals surface area (Å²) in [5.74, 6) is -1.12. The normalized spacial score (nSPS) is 19.5. The molecule has 0 aromatic rings. The molecule has 0 amide bonds. The van der Waals surface area contributed by atoms with Gasteiger partial charge in [-0.1, -0.05) is 0 Å². The minimum Gasteiger partial charge on any atom is -0.394 e. The van der Waals surface area contributed by atoms with Gasteiger partial charge in [0.25, 0.3) is 0 Å². The summed E-state index contributed by atoms with van der Waals surface area (Å²) in [4.78, 5) is 27.9. The summed E-state index contributed by atoms with van der Waals surface area (Å²) in [6.45, 7) is -0.735. The fraction of sp³-hybridized carbons (Fsp3) is 0.857. The van der Waals surface area contributed by atoms with Crippen LogP contribution in [0.1, 0.15) is 6.92 Å². The molecule has 0 aromatic carbocycles. The van der Waals surface area contributed by atoms with Gasteiger partial charge in [-0.3, -0.25) is 9.32 Å². The average molecular weight is 273 g/mol. The van der Waals surface area contributed by atoms with Crippen molar-refractivity contribution >= 4 is 13.6 Å². The molecule has 0 spiro atoms. The summed E-state index contributed by atoms with van der Waals surface area (Å²) < 4.78 is 14.2. The SMILES string of the molecule is C[C@@](N)([C@H](O)CO)[C@H](O)C(=O)COP(=O)(O)O. The minimum atomic E-state index is -4.83. The molecule has 9 nitrogen and oxygen atoms in total. The minimum absolute atomic E-state index is 0.781. The molecular formula is C7H16NO8P. The van der Waals surface area contributed by atoms with Crippen molar-refractivity contribution in [2.75, 3.05) is 13.2 Å². The number of carbonyl (C=O) groups excluding carboxylic acids is 1. The number of aliphatic hydroxyl groups is 3. The summed E-state index contributed by atoms with van der Waals surface area (Å²) in [7, 11) is -4.83. The van der Waals surface area contributed by atoms with Gasteiger partial charge in [0.05, 0.1) is 18.2 Å². The fourth-order valence-corrected chi connectivity index (χ4v) is 1.25. The summed E-state index contributed by atoms with van der Waals surface area (Å²) in [5, 5.41) is 27.4. The van der Waals surface area contributed by atoms with E-state index in [9.17, 15) is 19.6 Å². The molecule has 0 aromatic heterocycles. The summed E-state index contributed by atoms with van der Waals surface area (Å²) in [6.07, 6.45) is -3.51. The van der Waals surface area contributed by atoms with Crippen molar-refractivity contribution in [1.29, 1.82) is 0 Å². The highest BCUT2D eigenvalue weighted by atomic mass is 31.2. The van der Waals surface area contributed by atoms with Gasteiger partial charge in [-0.25, -0.2) is 4.57 Å². The molecule has 102 valence electrons. The summed E-state index contributed by atoms with van der Waals surface area (Å²) >= 11 is 0. The van der Waals surface area contributed by atoms with Gasteiger partial charge < -0.3 is 30.8 Å². The van der Waals surface area contributed by atoms with Crippen LogP contribution in [0.15, 0.2) is 0 Å². The third-order valence-electron chi connectivity index (χ3n) is 2.16. The van der Waals surface area contributed by atoms with E-state index in [-0.39, 0.29) is 0 Å². The van der Waals surface area contributed by atoms with E-state index in [2.05, 4.69) is 4.52 Å². The zero-order valence-corrected chi connectivity index (χ0v) is 9.95. The Hall–Kier alpha value is -0.380. The molecule has 17 heavy (non-hydrogen) atoms. The highest BCUT2D eigenvalue weighted by molar-refractivity contribution is 7.46. The lowest BCUT2D eigenvalue weighted by Gasteiger charge is -2.32. The molecule has 3 atom stereocenters. The van der Waals surface area contributed by atoms with Crippen molar-refractivity contribution in [1.82, 2.24) is 0 Å². The molecule has 0 saturated carbocycles. The maximum Gasteiger partial charge on any atom is 0.470 e. The maximum absolute atomic E-state index is 11.3. The quantitative estimate of drug-likeness (QED) is 0.266. The number of aliphatic hydroxyl groups excluding tert-OH is 3. The lowest BCUT2D eigenvalue weighted by Crippen LogP contribution is -2.61. The Bertz CT molecular complexity index is 313. The number of rotatable bonds is 7. The molecule has 0 bridgehead atoms. The van der Waals surface area contributed by atoms with Crippen molar-refractivity contribution < 1.29 is 39.0 Å². The van der Waals surface area contributed by atoms with Crippen LogP contribution in [0.25, 0.3) is 0 Å². The second kappa shape index (κ2) is 5.98. The van der Waals surface area contributed by atoms with Gasteiger partial charge >= 0.3 is 7.82 Å². The molecule has 0 aliphatic carbocycles. The van der Waals surface area contributed by atoms with Crippen LogP contribution >= 0.6 is 7.82 Å². The topological polar surface area (TPSA) is 171 Å². The van der Waals surface area contributed by atoms with Gasteiger partial charge in [-0.05, 0) is 6.92 Å². The van der Waals surface area contributed by atoms with Crippen LogP contribution in [0.5, 0.6) is 0 Å². The van der Waals surface area contributed by atoms with Gasteiger partial charge in [0, 0.05) is 0 Å². The summed E-state index contributed by atoms with van der Waals surface area (Å²) in [5.41, 5.74) is 3.57. The molecule has 0 rings (SSSR count). The van der Waals surface area contributed by atoms with Gasteiger partial charge in [0.15, 0.2) is 5.78 Å².